The lowest BCUT2D eigenvalue weighted by Crippen LogP contribution is -2.37. The summed E-state index contributed by atoms with van der Waals surface area (Å²) < 4.78 is 6.72. The van der Waals surface area contributed by atoms with E-state index in [4.69, 9.17) is 16.3 Å². The molecule has 1 atom stereocenters. The van der Waals surface area contributed by atoms with E-state index in [1.807, 2.05) is 0 Å². The monoisotopic (exact) mass is 400 g/mol. The van der Waals surface area contributed by atoms with Gasteiger partial charge in [0.25, 0.3) is 5.56 Å². The number of carbonyl (C=O) groups is 1. The number of ether oxygens (including phenoxy) is 1. The molecule has 0 aliphatic carbocycles. The molecule has 0 radical (unpaired) electrons. The molecule has 0 aliphatic heterocycles. The van der Waals surface area contributed by atoms with Gasteiger partial charge in [-0.25, -0.2) is 9.78 Å². The van der Waals surface area contributed by atoms with Gasteiger partial charge in [0.15, 0.2) is 0 Å². The largest absolute Gasteiger partial charge is 0.444 e. The average molecular weight is 401 g/mol. The normalized spacial score (nSPS) is 12.6. The van der Waals surface area contributed by atoms with Gasteiger partial charge in [-0.05, 0) is 52.0 Å². The summed E-state index contributed by atoms with van der Waals surface area (Å²) in [5.74, 6) is 0.346. The van der Waals surface area contributed by atoms with Crippen LogP contribution in [0.3, 0.4) is 0 Å². The van der Waals surface area contributed by atoms with Crippen molar-refractivity contribution in [2.75, 3.05) is 0 Å². The van der Waals surface area contributed by atoms with E-state index in [1.54, 1.807) is 70.4 Å². The molecule has 1 aromatic carbocycles. The van der Waals surface area contributed by atoms with Crippen LogP contribution in [-0.2, 0) is 4.74 Å². The molecule has 1 N–H and O–H groups in total. The molecule has 0 bridgehead atoms. The van der Waals surface area contributed by atoms with Crippen LogP contribution in [-0.4, -0.2) is 26.2 Å². The zero-order valence-corrected chi connectivity index (χ0v) is 16.8. The van der Waals surface area contributed by atoms with Crippen molar-refractivity contribution >= 4 is 28.6 Å². The third-order valence-corrected chi connectivity index (χ3v) is 4.21. The van der Waals surface area contributed by atoms with Crippen molar-refractivity contribution in [3.05, 3.63) is 63.9 Å². The van der Waals surface area contributed by atoms with E-state index in [-0.39, 0.29) is 5.56 Å². The maximum Gasteiger partial charge on any atom is 0.408 e. The Hall–Kier alpha value is -2.93. The van der Waals surface area contributed by atoms with Crippen LogP contribution in [0, 0.1) is 0 Å². The van der Waals surface area contributed by atoms with Crippen LogP contribution in [0.1, 0.15) is 39.6 Å². The van der Waals surface area contributed by atoms with Gasteiger partial charge in [-0.2, -0.15) is 0 Å². The number of hydrogen-bond donors (Lipinski definition) is 1. The molecule has 0 aliphatic rings. The topological polar surface area (TPSA) is 86.1 Å². The summed E-state index contributed by atoms with van der Waals surface area (Å²) in [4.78, 5) is 34.2. The van der Waals surface area contributed by atoms with Crippen LogP contribution in [0.4, 0.5) is 4.79 Å². The van der Waals surface area contributed by atoms with Crippen molar-refractivity contribution in [3.8, 4) is 5.69 Å². The zero-order valence-electron chi connectivity index (χ0n) is 16.1. The van der Waals surface area contributed by atoms with E-state index in [0.29, 0.717) is 27.4 Å². The summed E-state index contributed by atoms with van der Waals surface area (Å²) in [6.07, 6.45) is 2.56. The first-order valence-corrected chi connectivity index (χ1v) is 9.16. The van der Waals surface area contributed by atoms with Crippen LogP contribution >= 0.6 is 11.6 Å². The van der Waals surface area contributed by atoms with Gasteiger partial charge < -0.3 is 10.1 Å². The molecule has 2 aromatic heterocycles. The lowest BCUT2D eigenvalue weighted by atomic mass is 10.2. The van der Waals surface area contributed by atoms with Gasteiger partial charge in [-0.1, -0.05) is 17.7 Å². The van der Waals surface area contributed by atoms with Crippen LogP contribution in [0.5, 0.6) is 0 Å². The second-order valence-electron chi connectivity index (χ2n) is 7.32. The molecule has 0 saturated carbocycles. The minimum Gasteiger partial charge on any atom is -0.444 e. The van der Waals surface area contributed by atoms with Crippen molar-refractivity contribution < 1.29 is 9.53 Å². The molecule has 2 heterocycles. The Balaban J connectivity index is 2.15. The molecule has 0 unspecified atom stereocenters. The lowest BCUT2D eigenvalue weighted by Gasteiger charge is -2.23. The zero-order chi connectivity index (χ0) is 20.5. The molecule has 0 saturated heterocycles. The predicted octanol–water partition coefficient (Wildman–Crippen LogP) is 4.02. The predicted molar refractivity (Wildman–Crippen MR) is 108 cm³/mol. The second kappa shape index (κ2) is 7.59. The summed E-state index contributed by atoms with van der Waals surface area (Å²) in [6.45, 7) is 7.06. The number of hydrogen-bond acceptors (Lipinski definition) is 5. The molecule has 3 rings (SSSR count). The Labute approximate surface area is 167 Å². The van der Waals surface area contributed by atoms with Crippen LogP contribution < -0.4 is 10.9 Å². The smallest absolute Gasteiger partial charge is 0.408 e. The van der Waals surface area contributed by atoms with Crippen molar-refractivity contribution in [1.82, 2.24) is 19.9 Å². The van der Waals surface area contributed by atoms with Crippen LogP contribution in [0.15, 0.2) is 47.5 Å². The number of fused-ring (bicyclic) bond motifs is 1. The summed E-state index contributed by atoms with van der Waals surface area (Å²) in [7, 11) is 0. The lowest BCUT2D eigenvalue weighted by molar-refractivity contribution is 0.0505. The number of carbonyl (C=O) groups excluding carboxylic acids is 1. The minimum atomic E-state index is -0.642. The van der Waals surface area contributed by atoms with Gasteiger partial charge in [0.05, 0.1) is 33.9 Å². The fourth-order valence-electron chi connectivity index (χ4n) is 2.78. The first kappa shape index (κ1) is 19.8. The molecule has 3 aromatic rings. The van der Waals surface area contributed by atoms with Crippen LogP contribution in [0.25, 0.3) is 16.6 Å². The molecule has 7 nitrogen and oxygen atoms in total. The Morgan fingerprint density at radius 3 is 2.64 bits per heavy atom. The number of nitrogens with one attached hydrogen (secondary N) is 1. The molecule has 146 valence electrons. The number of aromatic nitrogens is 3. The number of rotatable bonds is 3. The third-order valence-electron chi connectivity index (χ3n) is 3.90. The molecular weight excluding hydrogens is 380 g/mol. The quantitative estimate of drug-likeness (QED) is 0.717. The number of alkyl carbamates (subject to hydrolysis) is 1. The van der Waals surface area contributed by atoms with Gasteiger partial charge in [0, 0.05) is 6.20 Å². The SMILES string of the molecule is C[C@H](NC(=O)OC(C)(C)C)c1nc2cccc(Cl)c2c(=O)n1-c1cccnc1. The van der Waals surface area contributed by atoms with Gasteiger partial charge in [0.2, 0.25) is 0 Å². The Morgan fingerprint density at radius 2 is 2.00 bits per heavy atom. The summed E-state index contributed by atoms with van der Waals surface area (Å²) in [5, 5.41) is 3.35. The maximum absolute atomic E-state index is 13.3. The first-order valence-electron chi connectivity index (χ1n) is 8.78. The highest BCUT2D eigenvalue weighted by atomic mass is 35.5. The van der Waals surface area contributed by atoms with Crippen molar-refractivity contribution in [1.29, 1.82) is 0 Å². The molecule has 0 spiro atoms. The molecule has 28 heavy (non-hydrogen) atoms. The van der Waals surface area contributed by atoms with Gasteiger partial charge in [0.1, 0.15) is 11.4 Å². The summed E-state index contributed by atoms with van der Waals surface area (Å²) in [5.41, 5.74) is -0.00599. The van der Waals surface area contributed by atoms with Gasteiger partial charge in [-0.3, -0.25) is 14.3 Å². The molecular formula is C20H21ClN4O3. The first-order chi connectivity index (χ1) is 13.2. The highest BCUT2D eigenvalue weighted by Crippen LogP contribution is 2.22. The highest BCUT2D eigenvalue weighted by Gasteiger charge is 2.23. The number of pyridine rings is 1. The van der Waals surface area contributed by atoms with E-state index in [0.717, 1.165) is 0 Å². The number of nitrogens with zero attached hydrogens (tertiary/aromatic N) is 3. The van der Waals surface area contributed by atoms with E-state index in [9.17, 15) is 9.59 Å². The van der Waals surface area contributed by atoms with E-state index in [1.165, 1.54) is 4.57 Å². The highest BCUT2D eigenvalue weighted by molar-refractivity contribution is 6.35. The fraction of sp³-hybridized carbons (Fsp3) is 0.300. The fourth-order valence-corrected chi connectivity index (χ4v) is 3.03. The number of halogens is 1. The summed E-state index contributed by atoms with van der Waals surface area (Å²) >= 11 is 6.25. The van der Waals surface area contributed by atoms with Gasteiger partial charge in [-0.15, -0.1) is 0 Å². The molecule has 8 heteroatoms. The van der Waals surface area contributed by atoms with Gasteiger partial charge >= 0.3 is 6.09 Å². The van der Waals surface area contributed by atoms with E-state index >= 15 is 0 Å². The minimum absolute atomic E-state index is 0.307. The van der Waals surface area contributed by atoms with Crippen molar-refractivity contribution in [3.63, 3.8) is 0 Å². The Kier molecular flexibility index (Phi) is 5.38. The molecule has 1 amide bonds. The molecule has 0 fully saturated rings. The Morgan fingerprint density at radius 1 is 1.25 bits per heavy atom. The number of benzene rings is 1. The van der Waals surface area contributed by atoms with Crippen molar-refractivity contribution in [2.45, 2.75) is 39.3 Å². The summed E-state index contributed by atoms with van der Waals surface area (Å²) in [6, 6.07) is 7.92. The maximum atomic E-state index is 13.3. The second-order valence-corrected chi connectivity index (χ2v) is 7.73. The van der Waals surface area contributed by atoms with Crippen molar-refractivity contribution in [2.24, 2.45) is 0 Å². The van der Waals surface area contributed by atoms with E-state index < -0.39 is 17.7 Å². The standard InChI is InChI=1S/C20H21ClN4O3/c1-12(23-19(27)28-20(2,3)4)17-24-15-9-5-8-14(21)16(15)18(26)25(17)13-7-6-10-22-11-13/h5-12H,1-4H3,(H,23,27)/t12-/m0/s1. The Bertz CT molecular complexity index is 1070. The average Bonchev–Trinajstić information content (AvgIpc) is 2.60. The third kappa shape index (κ3) is 4.14. The number of amides is 1. The van der Waals surface area contributed by atoms with E-state index in [2.05, 4.69) is 15.3 Å². The van der Waals surface area contributed by atoms with Crippen LogP contribution in [0.2, 0.25) is 5.02 Å².